The van der Waals surface area contributed by atoms with Crippen LogP contribution < -0.4 is 5.32 Å². The molecule has 2 aromatic heterocycles. The van der Waals surface area contributed by atoms with Crippen LogP contribution in [0.5, 0.6) is 0 Å². The number of nitrogens with one attached hydrogen (secondary N) is 3. The molecule has 30 heavy (non-hydrogen) atoms. The first kappa shape index (κ1) is 18.4. The molecule has 1 unspecified atom stereocenters. The van der Waals surface area contributed by atoms with Crippen molar-refractivity contribution >= 4 is 39.3 Å². The van der Waals surface area contributed by atoms with E-state index in [0.717, 1.165) is 32.9 Å². The van der Waals surface area contributed by atoms with Gasteiger partial charge in [0.1, 0.15) is 0 Å². The Balaban J connectivity index is 1.51. The number of rotatable bonds is 4. The van der Waals surface area contributed by atoms with Crippen LogP contribution in [0.25, 0.3) is 32.9 Å². The highest BCUT2D eigenvalue weighted by atomic mass is 16.2. The molecule has 4 aromatic rings. The van der Waals surface area contributed by atoms with E-state index in [1.54, 1.807) is 11.1 Å². The Hall–Kier alpha value is -3.61. The summed E-state index contributed by atoms with van der Waals surface area (Å²) in [6.07, 6.45) is 3.88. The molecule has 0 aliphatic carbocycles. The molecule has 3 heterocycles. The van der Waals surface area contributed by atoms with Gasteiger partial charge < -0.3 is 15.2 Å². The highest BCUT2D eigenvalue weighted by Gasteiger charge is 2.35. The number of aromatic nitrogens is 3. The standard InChI is InChI=1S/C23H23N5O2/c1-13(2)28-12-15(10-22(28)29)23(30)26-20-8-14(9-21-18(20)11-25-27-21)16-4-3-5-19-17(16)6-7-24-19/h3-9,11,13,15,24H,10,12H2,1-2H3,(H,25,27)(H,26,30). The van der Waals surface area contributed by atoms with E-state index in [1.807, 2.05) is 50.4 Å². The maximum absolute atomic E-state index is 13.0. The minimum absolute atomic E-state index is 0.0338. The van der Waals surface area contributed by atoms with Gasteiger partial charge in [0.25, 0.3) is 0 Å². The summed E-state index contributed by atoms with van der Waals surface area (Å²) in [7, 11) is 0. The summed E-state index contributed by atoms with van der Waals surface area (Å²) in [5, 5.41) is 12.2. The Kier molecular flexibility index (Phi) is 4.31. The smallest absolute Gasteiger partial charge is 0.229 e. The molecule has 0 radical (unpaired) electrons. The first-order valence-corrected chi connectivity index (χ1v) is 10.1. The van der Waals surface area contributed by atoms with E-state index in [4.69, 9.17) is 0 Å². The molecule has 2 aromatic carbocycles. The lowest BCUT2D eigenvalue weighted by atomic mass is 9.99. The van der Waals surface area contributed by atoms with Gasteiger partial charge in [0.05, 0.1) is 23.3 Å². The van der Waals surface area contributed by atoms with Gasteiger partial charge in [-0.05, 0) is 49.2 Å². The van der Waals surface area contributed by atoms with Gasteiger partial charge in [-0.3, -0.25) is 14.7 Å². The van der Waals surface area contributed by atoms with Gasteiger partial charge in [-0.2, -0.15) is 5.10 Å². The molecule has 7 nitrogen and oxygen atoms in total. The van der Waals surface area contributed by atoms with Crippen LogP contribution in [0.3, 0.4) is 0 Å². The van der Waals surface area contributed by atoms with Gasteiger partial charge in [0.2, 0.25) is 11.8 Å². The fraction of sp³-hybridized carbons (Fsp3) is 0.261. The van der Waals surface area contributed by atoms with Gasteiger partial charge in [-0.15, -0.1) is 0 Å². The maximum atomic E-state index is 13.0. The Bertz CT molecular complexity index is 1270. The Morgan fingerprint density at radius 3 is 2.87 bits per heavy atom. The first-order chi connectivity index (χ1) is 14.5. The monoisotopic (exact) mass is 401 g/mol. The fourth-order valence-electron chi connectivity index (χ4n) is 4.29. The average Bonchev–Trinajstić information content (AvgIpc) is 3.46. The molecule has 1 aliphatic rings. The summed E-state index contributed by atoms with van der Waals surface area (Å²) >= 11 is 0. The van der Waals surface area contributed by atoms with E-state index in [2.05, 4.69) is 26.6 Å². The highest BCUT2D eigenvalue weighted by Crippen LogP contribution is 2.34. The number of anilines is 1. The van der Waals surface area contributed by atoms with Gasteiger partial charge in [0.15, 0.2) is 0 Å². The molecule has 5 rings (SSSR count). The van der Waals surface area contributed by atoms with E-state index >= 15 is 0 Å². The van der Waals surface area contributed by atoms with E-state index in [1.165, 1.54) is 0 Å². The van der Waals surface area contributed by atoms with E-state index in [-0.39, 0.29) is 30.2 Å². The second-order valence-corrected chi connectivity index (χ2v) is 8.13. The summed E-state index contributed by atoms with van der Waals surface area (Å²) in [5.41, 5.74) is 4.66. The van der Waals surface area contributed by atoms with E-state index < -0.39 is 0 Å². The van der Waals surface area contributed by atoms with Gasteiger partial charge in [0, 0.05) is 41.5 Å². The zero-order chi connectivity index (χ0) is 20.8. The lowest BCUT2D eigenvalue weighted by Crippen LogP contribution is -2.33. The molecule has 1 aliphatic heterocycles. The molecule has 1 saturated heterocycles. The Labute approximate surface area is 173 Å². The number of hydrogen-bond donors (Lipinski definition) is 3. The zero-order valence-electron chi connectivity index (χ0n) is 16.9. The number of likely N-dealkylation sites (tertiary alicyclic amines) is 1. The molecular weight excluding hydrogens is 378 g/mol. The topological polar surface area (TPSA) is 93.9 Å². The fourth-order valence-corrected chi connectivity index (χ4v) is 4.29. The molecule has 0 spiro atoms. The van der Waals surface area contributed by atoms with Crippen molar-refractivity contribution in [2.24, 2.45) is 5.92 Å². The number of carbonyl (C=O) groups is 2. The van der Waals surface area contributed by atoms with Crippen molar-refractivity contribution in [2.75, 3.05) is 11.9 Å². The van der Waals surface area contributed by atoms with Crippen molar-refractivity contribution in [1.29, 1.82) is 0 Å². The molecule has 2 amide bonds. The number of H-pyrrole nitrogens is 2. The number of aromatic amines is 2. The molecule has 0 saturated carbocycles. The Morgan fingerprint density at radius 2 is 2.07 bits per heavy atom. The quantitative estimate of drug-likeness (QED) is 0.484. The summed E-state index contributed by atoms with van der Waals surface area (Å²) in [5.74, 6) is -0.448. The molecule has 1 atom stereocenters. The third-order valence-electron chi connectivity index (χ3n) is 5.88. The number of amides is 2. The molecule has 7 heteroatoms. The van der Waals surface area contributed by atoms with Crippen molar-refractivity contribution < 1.29 is 9.59 Å². The second kappa shape index (κ2) is 7.02. The minimum atomic E-state index is -0.349. The number of fused-ring (bicyclic) bond motifs is 2. The lowest BCUT2D eigenvalue weighted by molar-refractivity contribution is -0.129. The summed E-state index contributed by atoms with van der Waals surface area (Å²) in [4.78, 5) is 30.2. The van der Waals surface area contributed by atoms with Gasteiger partial charge in [-0.25, -0.2) is 0 Å². The van der Waals surface area contributed by atoms with Crippen LogP contribution in [0, 0.1) is 5.92 Å². The summed E-state index contributed by atoms with van der Waals surface area (Å²) in [6.45, 7) is 4.40. The minimum Gasteiger partial charge on any atom is -0.361 e. The molecule has 3 N–H and O–H groups in total. The predicted octanol–water partition coefficient (Wildman–Crippen LogP) is 3.91. The van der Waals surface area contributed by atoms with Crippen molar-refractivity contribution in [3.63, 3.8) is 0 Å². The third kappa shape index (κ3) is 3.03. The molecule has 152 valence electrons. The molecular formula is C23H23N5O2. The first-order valence-electron chi connectivity index (χ1n) is 10.1. The van der Waals surface area contributed by atoms with E-state index in [0.29, 0.717) is 12.2 Å². The number of nitrogens with zero attached hydrogens (tertiary/aromatic N) is 2. The van der Waals surface area contributed by atoms with Crippen molar-refractivity contribution in [3.8, 4) is 11.1 Å². The number of carbonyl (C=O) groups excluding carboxylic acids is 2. The van der Waals surface area contributed by atoms with Crippen LogP contribution >= 0.6 is 0 Å². The average molecular weight is 401 g/mol. The Morgan fingerprint density at radius 1 is 1.20 bits per heavy atom. The van der Waals surface area contributed by atoms with Crippen LogP contribution in [0.15, 0.2) is 48.8 Å². The van der Waals surface area contributed by atoms with Gasteiger partial charge >= 0.3 is 0 Å². The normalized spacial score (nSPS) is 16.8. The lowest BCUT2D eigenvalue weighted by Gasteiger charge is -2.20. The largest absolute Gasteiger partial charge is 0.361 e. The predicted molar refractivity (Wildman–Crippen MR) is 117 cm³/mol. The van der Waals surface area contributed by atoms with Crippen LogP contribution in [0.4, 0.5) is 5.69 Å². The van der Waals surface area contributed by atoms with Crippen LogP contribution in [-0.4, -0.2) is 44.5 Å². The van der Waals surface area contributed by atoms with Crippen LogP contribution in [0.2, 0.25) is 0 Å². The van der Waals surface area contributed by atoms with Crippen molar-refractivity contribution in [2.45, 2.75) is 26.3 Å². The molecule has 0 bridgehead atoms. The SMILES string of the molecule is CC(C)N1CC(C(=O)Nc2cc(-c3cccc4[nH]ccc34)cc3[nH]ncc23)CC1=O. The van der Waals surface area contributed by atoms with Gasteiger partial charge in [-0.1, -0.05) is 12.1 Å². The summed E-state index contributed by atoms with van der Waals surface area (Å²) < 4.78 is 0. The number of hydrogen-bond acceptors (Lipinski definition) is 3. The number of benzene rings is 2. The third-order valence-corrected chi connectivity index (χ3v) is 5.88. The van der Waals surface area contributed by atoms with Crippen LogP contribution in [-0.2, 0) is 9.59 Å². The maximum Gasteiger partial charge on any atom is 0.229 e. The molecule has 1 fully saturated rings. The zero-order valence-corrected chi connectivity index (χ0v) is 16.9. The highest BCUT2D eigenvalue weighted by molar-refractivity contribution is 6.06. The summed E-state index contributed by atoms with van der Waals surface area (Å²) in [6, 6.07) is 12.3. The second-order valence-electron chi connectivity index (χ2n) is 8.13. The van der Waals surface area contributed by atoms with E-state index in [9.17, 15) is 9.59 Å². The van der Waals surface area contributed by atoms with Crippen molar-refractivity contribution in [1.82, 2.24) is 20.1 Å². The van der Waals surface area contributed by atoms with Crippen molar-refractivity contribution in [3.05, 3.63) is 48.8 Å². The van der Waals surface area contributed by atoms with Crippen LogP contribution in [0.1, 0.15) is 20.3 Å².